The second-order valence-corrected chi connectivity index (χ2v) is 6.67. The van der Waals surface area contributed by atoms with Gasteiger partial charge in [-0.2, -0.15) is 0 Å². The van der Waals surface area contributed by atoms with E-state index in [1.165, 1.54) is 6.92 Å². The summed E-state index contributed by atoms with van der Waals surface area (Å²) in [5.41, 5.74) is 1.62. The van der Waals surface area contributed by atoms with Crippen LogP contribution in [0.4, 0.5) is 11.4 Å². The lowest BCUT2D eigenvalue weighted by Crippen LogP contribution is -2.47. The summed E-state index contributed by atoms with van der Waals surface area (Å²) in [6.07, 6.45) is 3.26. The summed E-state index contributed by atoms with van der Waals surface area (Å²) in [7, 11) is 0. The van der Waals surface area contributed by atoms with Gasteiger partial charge in [-0.25, -0.2) is 0 Å². The number of carbonyl (C=O) groups excluding carboxylic acids is 2. The number of hydrogen-bond acceptors (Lipinski definition) is 4. The van der Waals surface area contributed by atoms with Crippen LogP contribution in [0.5, 0.6) is 0 Å². The summed E-state index contributed by atoms with van der Waals surface area (Å²) in [6.45, 7) is 4.16. The van der Waals surface area contributed by atoms with E-state index in [1.807, 2.05) is 29.2 Å². The SMILES string of the molecule is CC(=O)Nc1ccc(N(C(=O)C2CCOCC2)C2CCOCC2)cc1. The maximum absolute atomic E-state index is 13.2. The normalized spacial score (nSPS) is 19.4. The fourth-order valence-electron chi connectivity index (χ4n) is 3.51. The van der Waals surface area contributed by atoms with Crippen molar-refractivity contribution in [3.63, 3.8) is 0 Å². The third-order valence-electron chi connectivity index (χ3n) is 4.83. The van der Waals surface area contributed by atoms with Gasteiger partial charge in [0.05, 0.1) is 0 Å². The Labute approximate surface area is 148 Å². The second-order valence-electron chi connectivity index (χ2n) is 6.67. The van der Waals surface area contributed by atoms with E-state index in [1.54, 1.807) is 0 Å². The summed E-state index contributed by atoms with van der Waals surface area (Å²) >= 11 is 0. The van der Waals surface area contributed by atoms with E-state index in [-0.39, 0.29) is 23.8 Å². The average Bonchev–Trinajstić information content (AvgIpc) is 2.64. The minimum Gasteiger partial charge on any atom is -0.381 e. The van der Waals surface area contributed by atoms with Gasteiger partial charge in [-0.3, -0.25) is 9.59 Å². The van der Waals surface area contributed by atoms with Gasteiger partial charge in [0.2, 0.25) is 11.8 Å². The van der Waals surface area contributed by atoms with E-state index in [9.17, 15) is 9.59 Å². The van der Waals surface area contributed by atoms with Gasteiger partial charge in [0.25, 0.3) is 0 Å². The molecule has 25 heavy (non-hydrogen) atoms. The number of hydrogen-bond donors (Lipinski definition) is 1. The number of ether oxygens (including phenoxy) is 2. The highest BCUT2D eigenvalue weighted by atomic mass is 16.5. The van der Waals surface area contributed by atoms with Crippen molar-refractivity contribution in [1.29, 1.82) is 0 Å². The molecule has 6 nitrogen and oxygen atoms in total. The molecule has 3 rings (SSSR count). The Morgan fingerprint density at radius 1 is 0.960 bits per heavy atom. The number of carbonyl (C=O) groups is 2. The van der Waals surface area contributed by atoms with Crippen molar-refractivity contribution < 1.29 is 19.1 Å². The zero-order chi connectivity index (χ0) is 17.6. The molecule has 136 valence electrons. The van der Waals surface area contributed by atoms with Gasteiger partial charge >= 0.3 is 0 Å². The fourth-order valence-corrected chi connectivity index (χ4v) is 3.51. The molecule has 0 spiro atoms. The zero-order valence-corrected chi connectivity index (χ0v) is 14.7. The maximum atomic E-state index is 13.2. The van der Waals surface area contributed by atoms with Crippen LogP contribution in [0.3, 0.4) is 0 Å². The van der Waals surface area contributed by atoms with Gasteiger partial charge in [0, 0.05) is 56.7 Å². The molecule has 2 fully saturated rings. The summed E-state index contributed by atoms with van der Waals surface area (Å²) in [5.74, 6) is 0.0985. The summed E-state index contributed by atoms with van der Waals surface area (Å²) in [4.78, 5) is 26.4. The molecule has 2 aliphatic heterocycles. The fraction of sp³-hybridized carbons (Fsp3) is 0.579. The summed E-state index contributed by atoms with van der Waals surface area (Å²) in [6, 6.07) is 7.69. The predicted molar refractivity (Wildman–Crippen MR) is 95.6 cm³/mol. The van der Waals surface area contributed by atoms with Crippen molar-refractivity contribution in [2.45, 2.75) is 38.6 Å². The van der Waals surface area contributed by atoms with Crippen LogP contribution in [0.15, 0.2) is 24.3 Å². The van der Waals surface area contributed by atoms with Crippen molar-refractivity contribution in [3.05, 3.63) is 24.3 Å². The highest BCUT2D eigenvalue weighted by Crippen LogP contribution is 2.29. The topological polar surface area (TPSA) is 67.9 Å². The molecule has 0 aromatic heterocycles. The maximum Gasteiger partial charge on any atom is 0.230 e. The molecule has 0 saturated carbocycles. The average molecular weight is 346 g/mol. The van der Waals surface area contributed by atoms with Crippen LogP contribution < -0.4 is 10.2 Å². The quantitative estimate of drug-likeness (QED) is 0.910. The first-order valence-electron chi connectivity index (χ1n) is 9.01. The minimum atomic E-state index is -0.104. The number of nitrogens with zero attached hydrogens (tertiary/aromatic N) is 1. The van der Waals surface area contributed by atoms with Crippen molar-refractivity contribution in [2.75, 3.05) is 36.6 Å². The highest BCUT2D eigenvalue weighted by molar-refractivity contribution is 5.96. The third-order valence-corrected chi connectivity index (χ3v) is 4.83. The molecular weight excluding hydrogens is 320 g/mol. The van der Waals surface area contributed by atoms with E-state index in [0.29, 0.717) is 26.4 Å². The van der Waals surface area contributed by atoms with Crippen LogP contribution in [0, 0.1) is 5.92 Å². The lowest BCUT2D eigenvalue weighted by molar-refractivity contribution is -0.126. The van der Waals surface area contributed by atoms with E-state index in [2.05, 4.69) is 5.32 Å². The molecule has 2 amide bonds. The monoisotopic (exact) mass is 346 g/mol. The Bertz CT molecular complexity index is 590. The molecule has 2 saturated heterocycles. The number of benzene rings is 1. The molecule has 1 aromatic carbocycles. The first kappa shape index (κ1) is 17.9. The van der Waals surface area contributed by atoms with Crippen LogP contribution in [0.1, 0.15) is 32.6 Å². The lowest BCUT2D eigenvalue weighted by atomic mass is 9.95. The number of anilines is 2. The van der Waals surface area contributed by atoms with E-state index in [0.717, 1.165) is 37.1 Å². The van der Waals surface area contributed by atoms with Crippen LogP contribution in [0.25, 0.3) is 0 Å². The second kappa shape index (κ2) is 8.45. The Morgan fingerprint density at radius 2 is 1.52 bits per heavy atom. The number of rotatable bonds is 4. The molecule has 2 aliphatic rings. The molecular formula is C19H26N2O4. The highest BCUT2D eigenvalue weighted by Gasteiger charge is 2.32. The van der Waals surface area contributed by atoms with Gasteiger partial charge in [-0.05, 0) is 49.9 Å². The zero-order valence-electron chi connectivity index (χ0n) is 14.7. The van der Waals surface area contributed by atoms with Gasteiger partial charge in [0.1, 0.15) is 0 Å². The standard InChI is InChI=1S/C19H26N2O4/c1-14(22)20-16-2-4-17(5-3-16)21(18-8-12-25-13-9-18)19(23)15-6-10-24-11-7-15/h2-5,15,18H,6-13H2,1H3,(H,20,22). The van der Waals surface area contributed by atoms with E-state index < -0.39 is 0 Å². The largest absolute Gasteiger partial charge is 0.381 e. The van der Waals surface area contributed by atoms with Gasteiger partial charge in [-0.15, -0.1) is 0 Å². The Balaban J connectivity index is 1.82. The van der Waals surface area contributed by atoms with Crippen molar-refractivity contribution >= 4 is 23.2 Å². The lowest BCUT2D eigenvalue weighted by Gasteiger charge is -2.37. The molecule has 0 bridgehead atoms. The number of nitrogens with one attached hydrogen (secondary N) is 1. The van der Waals surface area contributed by atoms with Crippen LogP contribution in [-0.4, -0.2) is 44.3 Å². The Hall–Kier alpha value is -1.92. The molecule has 2 heterocycles. The van der Waals surface area contributed by atoms with Gasteiger partial charge in [0.15, 0.2) is 0 Å². The number of amides is 2. The minimum absolute atomic E-state index is 0.0200. The Morgan fingerprint density at radius 3 is 2.08 bits per heavy atom. The molecule has 1 aromatic rings. The van der Waals surface area contributed by atoms with Gasteiger partial charge in [-0.1, -0.05) is 0 Å². The smallest absolute Gasteiger partial charge is 0.230 e. The molecule has 0 atom stereocenters. The summed E-state index contributed by atoms with van der Waals surface area (Å²) < 4.78 is 10.9. The van der Waals surface area contributed by atoms with E-state index in [4.69, 9.17) is 9.47 Å². The predicted octanol–water partition coefficient (Wildman–Crippen LogP) is 2.58. The molecule has 0 aliphatic carbocycles. The first-order chi connectivity index (χ1) is 12.1. The Kier molecular flexibility index (Phi) is 6.04. The third kappa shape index (κ3) is 4.58. The first-order valence-corrected chi connectivity index (χ1v) is 9.01. The molecule has 1 N–H and O–H groups in total. The van der Waals surface area contributed by atoms with Crippen LogP contribution >= 0.6 is 0 Å². The van der Waals surface area contributed by atoms with E-state index >= 15 is 0 Å². The van der Waals surface area contributed by atoms with Crippen LogP contribution in [0.2, 0.25) is 0 Å². The van der Waals surface area contributed by atoms with Crippen LogP contribution in [-0.2, 0) is 19.1 Å². The molecule has 0 radical (unpaired) electrons. The summed E-state index contributed by atoms with van der Waals surface area (Å²) in [5, 5.41) is 2.76. The van der Waals surface area contributed by atoms with Crippen molar-refractivity contribution in [3.8, 4) is 0 Å². The molecule has 0 unspecified atom stereocenters. The molecule has 6 heteroatoms. The van der Waals surface area contributed by atoms with Crippen molar-refractivity contribution in [1.82, 2.24) is 0 Å². The van der Waals surface area contributed by atoms with Crippen molar-refractivity contribution in [2.24, 2.45) is 5.92 Å². The van der Waals surface area contributed by atoms with Gasteiger partial charge < -0.3 is 19.7 Å².